The number of nitrogens with zero attached hydrogens (tertiary/aromatic N) is 3. The minimum atomic E-state index is -0.574. The highest BCUT2D eigenvalue weighted by Crippen LogP contribution is 2.48. The summed E-state index contributed by atoms with van der Waals surface area (Å²) in [7, 11) is 0. The largest absolute Gasteiger partial charge is 0.361 e. The third kappa shape index (κ3) is 2.27. The van der Waals surface area contributed by atoms with Gasteiger partial charge in [-0.15, -0.1) is 0 Å². The lowest BCUT2D eigenvalue weighted by atomic mass is 9.61. The number of likely N-dealkylation sites (tertiary alicyclic amines) is 1. The number of amides is 1. The third-order valence-electron chi connectivity index (χ3n) is 4.88. The second-order valence-electron chi connectivity index (χ2n) is 7.30. The van der Waals surface area contributed by atoms with Gasteiger partial charge in [-0.2, -0.15) is 5.26 Å². The van der Waals surface area contributed by atoms with Gasteiger partial charge in [0.1, 0.15) is 11.8 Å². The predicted octanol–water partition coefficient (Wildman–Crippen LogP) is 2.18. The molecule has 1 spiro atoms. The van der Waals surface area contributed by atoms with E-state index in [1.165, 1.54) is 0 Å². The SMILES string of the molecule is Cc1onc(C(=O)N2CC3(C=C(C#N)C(=O)C(C)(C)C3)C2)c1C. The van der Waals surface area contributed by atoms with Crippen molar-refractivity contribution in [1.29, 1.82) is 5.26 Å². The second-order valence-corrected chi connectivity index (χ2v) is 7.30. The van der Waals surface area contributed by atoms with Crippen molar-refractivity contribution in [3.63, 3.8) is 0 Å². The van der Waals surface area contributed by atoms with Gasteiger partial charge in [-0.3, -0.25) is 9.59 Å². The zero-order valence-electron chi connectivity index (χ0n) is 13.8. The molecule has 1 amide bonds. The Hall–Kier alpha value is -2.42. The van der Waals surface area contributed by atoms with Gasteiger partial charge in [-0.1, -0.05) is 25.1 Å². The predicted molar refractivity (Wildman–Crippen MR) is 81.4 cm³/mol. The number of hydrogen-bond donors (Lipinski definition) is 0. The van der Waals surface area contributed by atoms with Crippen molar-refractivity contribution in [2.45, 2.75) is 34.1 Å². The number of Topliss-reactive ketones (excluding diaryl/α,β-unsaturated/α-hetero) is 1. The number of hydrogen-bond acceptors (Lipinski definition) is 5. The Morgan fingerprint density at radius 1 is 1.39 bits per heavy atom. The number of allylic oxidation sites excluding steroid dienone is 1. The summed E-state index contributed by atoms with van der Waals surface area (Å²) in [5.74, 6) is 0.365. The van der Waals surface area contributed by atoms with Crippen molar-refractivity contribution < 1.29 is 14.1 Å². The van der Waals surface area contributed by atoms with E-state index in [1.54, 1.807) is 17.9 Å². The fraction of sp³-hybridized carbons (Fsp3) is 0.529. The summed E-state index contributed by atoms with van der Waals surface area (Å²) in [6, 6.07) is 2.00. The molecule has 0 radical (unpaired) electrons. The molecule has 23 heavy (non-hydrogen) atoms. The van der Waals surface area contributed by atoms with Crippen LogP contribution in [0.3, 0.4) is 0 Å². The maximum atomic E-state index is 12.5. The smallest absolute Gasteiger partial charge is 0.276 e. The second kappa shape index (κ2) is 4.79. The topological polar surface area (TPSA) is 87.2 Å². The van der Waals surface area contributed by atoms with Crippen LogP contribution in [0.1, 0.15) is 42.1 Å². The van der Waals surface area contributed by atoms with Gasteiger partial charge in [-0.05, 0) is 20.3 Å². The molecule has 0 N–H and O–H groups in total. The Morgan fingerprint density at radius 3 is 2.57 bits per heavy atom. The van der Waals surface area contributed by atoms with Crippen LogP contribution < -0.4 is 0 Å². The molecule has 2 aliphatic rings. The number of carbonyl (C=O) groups is 2. The van der Waals surface area contributed by atoms with Crippen molar-refractivity contribution in [1.82, 2.24) is 10.1 Å². The molecule has 2 heterocycles. The standard InChI is InChI=1S/C17H19N3O3/c1-10-11(2)23-19-13(10)15(22)20-8-17(9-20)5-12(6-18)14(21)16(3,4)7-17/h5H,7-9H2,1-4H3. The zero-order chi connectivity index (χ0) is 17.0. The van der Waals surface area contributed by atoms with Crippen LogP contribution >= 0.6 is 0 Å². The highest BCUT2D eigenvalue weighted by molar-refractivity contribution is 6.04. The minimum Gasteiger partial charge on any atom is -0.361 e. The summed E-state index contributed by atoms with van der Waals surface area (Å²) >= 11 is 0. The number of aromatic nitrogens is 1. The lowest BCUT2D eigenvalue weighted by Crippen LogP contribution is -2.61. The van der Waals surface area contributed by atoms with Crippen LogP contribution in [0.4, 0.5) is 0 Å². The van der Waals surface area contributed by atoms with Gasteiger partial charge in [0.25, 0.3) is 5.91 Å². The molecule has 1 fully saturated rings. The van der Waals surface area contributed by atoms with Crippen LogP contribution in [0.15, 0.2) is 16.2 Å². The number of carbonyl (C=O) groups excluding carboxylic acids is 2. The summed E-state index contributed by atoms with van der Waals surface area (Å²) in [5.41, 5.74) is 0.443. The van der Waals surface area contributed by atoms with Crippen molar-refractivity contribution >= 4 is 11.7 Å². The van der Waals surface area contributed by atoms with Crippen LogP contribution in [-0.4, -0.2) is 34.8 Å². The number of nitriles is 1. The van der Waals surface area contributed by atoms with E-state index in [1.807, 2.05) is 26.8 Å². The summed E-state index contributed by atoms with van der Waals surface area (Å²) in [6.45, 7) is 8.30. The average Bonchev–Trinajstić information content (AvgIpc) is 2.78. The van der Waals surface area contributed by atoms with Gasteiger partial charge < -0.3 is 9.42 Å². The first kappa shape index (κ1) is 15.5. The highest BCUT2D eigenvalue weighted by atomic mass is 16.5. The van der Waals surface area contributed by atoms with Crippen LogP contribution in [0.5, 0.6) is 0 Å². The molecule has 6 nitrogen and oxygen atoms in total. The molecular formula is C17H19N3O3. The fourth-order valence-electron chi connectivity index (χ4n) is 3.66. The van der Waals surface area contributed by atoms with E-state index < -0.39 is 5.41 Å². The van der Waals surface area contributed by atoms with Gasteiger partial charge in [0.15, 0.2) is 11.5 Å². The van der Waals surface area contributed by atoms with Crippen LogP contribution in [0.2, 0.25) is 0 Å². The maximum absolute atomic E-state index is 12.5. The molecule has 120 valence electrons. The molecular weight excluding hydrogens is 294 g/mol. The van der Waals surface area contributed by atoms with Gasteiger partial charge in [0.05, 0.1) is 5.57 Å². The third-order valence-corrected chi connectivity index (χ3v) is 4.88. The van der Waals surface area contributed by atoms with E-state index in [9.17, 15) is 14.9 Å². The fourth-order valence-corrected chi connectivity index (χ4v) is 3.66. The monoisotopic (exact) mass is 313 g/mol. The van der Waals surface area contributed by atoms with Gasteiger partial charge in [0.2, 0.25) is 0 Å². The molecule has 0 unspecified atom stereocenters. The zero-order valence-corrected chi connectivity index (χ0v) is 13.8. The molecule has 1 aliphatic heterocycles. The first-order chi connectivity index (χ1) is 10.7. The Labute approximate surface area is 134 Å². The maximum Gasteiger partial charge on any atom is 0.276 e. The molecule has 0 atom stereocenters. The molecule has 6 heteroatoms. The van der Waals surface area contributed by atoms with E-state index in [0.29, 0.717) is 31.0 Å². The lowest BCUT2D eigenvalue weighted by Gasteiger charge is -2.53. The van der Waals surface area contributed by atoms with E-state index in [0.717, 1.165) is 5.56 Å². The Morgan fingerprint density at radius 2 is 2.04 bits per heavy atom. The first-order valence-electron chi connectivity index (χ1n) is 7.59. The molecule has 0 saturated carbocycles. The van der Waals surface area contributed by atoms with Gasteiger partial charge in [0, 0.05) is 29.5 Å². The van der Waals surface area contributed by atoms with E-state index in [2.05, 4.69) is 5.16 Å². The van der Waals surface area contributed by atoms with Gasteiger partial charge in [-0.25, -0.2) is 0 Å². The van der Waals surface area contributed by atoms with E-state index >= 15 is 0 Å². The van der Waals surface area contributed by atoms with Gasteiger partial charge >= 0.3 is 0 Å². The summed E-state index contributed by atoms with van der Waals surface area (Å²) in [5, 5.41) is 13.0. The number of ketones is 1. The van der Waals surface area contributed by atoms with Crippen LogP contribution in [0, 0.1) is 36.0 Å². The van der Waals surface area contributed by atoms with E-state index in [-0.39, 0.29) is 22.7 Å². The first-order valence-corrected chi connectivity index (χ1v) is 7.59. The molecule has 1 aromatic heterocycles. The number of rotatable bonds is 1. The molecule has 0 bridgehead atoms. The van der Waals surface area contributed by atoms with Crippen molar-refractivity contribution in [3.05, 3.63) is 28.7 Å². The molecule has 3 rings (SSSR count). The van der Waals surface area contributed by atoms with Crippen LogP contribution in [0.25, 0.3) is 0 Å². The Kier molecular flexibility index (Phi) is 3.22. The van der Waals surface area contributed by atoms with Crippen molar-refractivity contribution in [3.8, 4) is 6.07 Å². The normalized spacial score (nSPS) is 21.6. The Bertz CT molecular complexity index is 773. The molecule has 1 saturated heterocycles. The average molecular weight is 313 g/mol. The summed E-state index contributed by atoms with van der Waals surface area (Å²) < 4.78 is 5.06. The molecule has 0 aromatic carbocycles. The minimum absolute atomic E-state index is 0.113. The van der Waals surface area contributed by atoms with Crippen molar-refractivity contribution in [2.24, 2.45) is 10.8 Å². The van der Waals surface area contributed by atoms with E-state index in [4.69, 9.17) is 4.52 Å². The molecule has 1 aromatic rings. The molecule has 1 aliphatic carbocycles. The summed E-state index contributed by atoms with van der Waals surface area (Å²) in [4.78, 5) is 26.4. The summed E-state index contributed by atoms with van der Waals surface area (Å²) in [6.07, 6.45) is 2.40. The quantitative estimate of drug-likeness (QED) is 0.793. The van der Waals surface area contributed by atoms with Crippen LogP contribution in [-0.2, 0) is 4.79 Å². The van der Waals surface area contributed by atoms with Crippen molar-refractivity contribution in [2.75, 3.05) is 13.1 Å². The number of aryl methyl sites for hydroxylation is 1. The highest BCUT2D eigenvalue weighted by Gasteiger charge is 2.52. The Balaban J connectivity index is 1.82. The lowest BCUT2D eigenvalue weighted by molar-refractivity contribution is -0.127.